The van der Waals surface area contributed by atoms with Crippen LogP contribution in [0.2, 0.25) is 0 Å². The minimum atomic E-state index is -0.311. The average Bonchev–Trinajstić information content (AvgIpc) is 3.23. The van der Waals surface area contributed by atoms with Crippen molar-refractivity contribution < 1.29 is 14.4 Å². The number of benzene rings is 1. The van der Waals surface area contributed by atoms with E-state index < -0.39 is 0 Å². The highest BCUT2D eigenvalue weighted by Gasteiger charge is 2.34. The maximum absolute atomic E-state index is 12.4. The number of tetrazole rings is 1. The second kappa shape index (κ2) is 9.60. The minimum Gasteiger partial charge on any atom is -0.352 e. The first-order chi connectivity index (χ1) is 14.3. The van der Waals surface area contributed by atoms with Gasteiger partial charge in [0.25, 0.3) is 11.8 Å². The van der Waals surface area contributed by atoms with E-state index in [0.717, 1.165) is 19.3 Å². The van der Waals surface area contributed by atoms with Gasteiger partial charge in [-0.3, -0.25) is 19.3 Å². The van der Waals surface area contributed by atoms with Crippen LogP contribution in [0.15, 0.2) is 24.3 Å². The van der Waals surface area contributed by atoms with E-state index in [4.69, 9.17) is 0 Å². The van der Waals surface area contributed by atoms with Crippen LogP contribution in [0.1, 0.15) is 66.6 Å². The minimum absolute atomic E-state index is 0.0193. The molecule has 0 aliphatic carbocycles. The SMILES string of the molecule is CC(C)CCC[C@@H](C)NC(=O)Cn1nnc(CCN2C(=O)c3ccccc3C2=O)n1. The van der Waals surface area contributed by atoms with Crippen LogP contribution in [0.3, 0.4) is 0 Å². The van der Waals surface area contributed by atoms with E-state index in [9.17, 15) is 14.4 Å². The summed E-state index contributed by atoms with van der Waals surface area (Å²) in [5.41, 5.74) is 0.830. The molecule has 1 N–H and O–H groups in total. The van der Waals surface area contributed by atoms with Crippen molar-refractivity contribution in [2.45, 2.75) is 59.0 Å². The lowest BCUT2D eigenvalue weighted by atomic mass is 10.0. The molecule has 1 atom stereocenters. The summed E-state index contributed by atoms with van der Waals surface area (Å²) in [5, 5.41) is 15.0. The second-order valence-electron chi connectivity index (χ2n) is 8.09. The molecule has 0 bridgehead atoms. The van der Waals surface area contributed by atoms with Gasteiger partial charge < -0.3 is 5.32 Å². The number of nitrogens with one attached hydrogen (secondary N) is 1. The monoisotopic (exact) mass is 412 g/mol. The first-order valence-corrected chi connectivity index (χ1v) is 10.4. The zero-order valence-corrected chi connectivity index (χ0v) is 17.7. The molecule has 0 saturated heterocycles. The lowest BCUT2D eigenvalue weighted by Gasteiger charge is -2.14. The molecular weight excluding hydrogens is 384 g/mol. The molecule has 1 aliphatic rings. The third-order valence-electron chi connectivity index (χ3n) is 5.04. The summed E-state index contributed by atoms with van der Waals surface area (Å²) in [7, 11) is 0. The summed E-state index contributed by atoms with van der Waals surface area (Å²) in [6, 6.07) is 6.85. The van der Waals surface area contributed by atoms with Gasteiger partial charge >= 0.3 is 0 Å². The third-order valence-corrected chi connectivity index (χ3v) is 5.04. The van der Waals surface area contributed by atoms with Gasteiger partial charge in [-0.1, -0.05) is 38.8 Å². The molecule has 0 fully saturated rings. The van der Waals surface area contributed by atoms with E-state index in [1.54, 1.807) is 24.3 Å². The fourth-order valence-electron chi connectivity index (χ4n) is 3.45. The van der Waals surface area contributed by atoms with Crippen molar-refractivity contribution in [2.75, 3.05) is 6.54 Å². The maximum Gasteiger partial charge on any atom is 0.261 e. The Morgan fingerprint density at radius 3 is 2.37 bits per heavy atom. The Labute approximate surface area is 175 Å². The third kappa shape index (κ3) is 5.28. The highest BCUT2D eigenvalue weighted by Crippen LogP contribution is 2.22. The van der Waals surface area contributed by atoms with E-state index in [0.29, 0.717) is 22.9 Å². The van der Waals surface area contributed by atoms with Crippen LogP contribution in [-0.4, -0.2) is 55.4 Å². The topological polar surface area (TPSA) is 110 Å². The molecule has 160 valence electrons. The van der Waals surface area contributed by atoms with Gasteiger partial charge in [0.1, 0.15) is 6.54 Å². The molecule has 1 aromatic heterocycles. The van der Waals surface area contributed by atoms with Gasteiger partial charge in [0.15, 0.2) is 5.82 Å². The number of fused-ring (bicyclic) bond motifs is 1. The van der Waals surface area contributed by atoms with Gasteiger partial charge in [-0.2, -0.15) is 4.80 Å². The number of nitrogens with zero attached hydrogens (tertiary/aromatic N) is 5. The fourth-order valence-corrected chi connectivity index (χ4v) is 3.45. The molecule has 3 amide bonds. The summed E-state index contributed by atoms with van der Waals surface area (Å²) in [4.78, 5) is 39.4. The van der Waals surface area contributed by atoms with E-state index in [1.807, 2.05) is 6.92 Å². The highest BCUT2D eigenvalue weighted by molar-refractivity contribution is 6.21. The highest BCUT2D eigenvalue weighted by atomic mass is 16.2. The molecular formula is C21H28N6O3. The lowest BCUT2D eigenvalue weighted by Crippen LogP contribution is -2.35. The van der Waals surface area contributed by atoms with Crippen LogP contribution >= 0.6 is 0 Å². The number of imide groups is 1. The van der Waals surface area contributed by atoms with Crippen LogP contribution in [0, 0.1) is 5.92 Å². The Morgan fingerprint density at radius 2 is 1.73 bits per heavy atom. The van der Waals surface area contributed by atoms with Crippen molar-refractivity contribution in [2.24, 2.45) is 5.92 Å². The molecule has 9 nitrogen and oxygen atoms in total. The Morgan fingerprint density at radius 1 is 1.07 bits per heavy atom. The molecule has 9 heteroatoms. The van der Waals surface area contributed by atoms with Gasteiger partial charge in [-0.25, -0.2) is 0 Å². The average molecular weight is 412 g/mol. The van der Waals surface area contributed by atoms with Crippen LogP contribution in [0.25, 0.3) is 0 Å². The van der Waals surface area contributed by atoms with Crippen molar-refractivity contribution >= 4 is 17.7 Å². The number of rotatable bonds is 10. The zero-order chi connectivity index (χ0) is 21.7. The first kappa shape index (κ1) is 21.6. The van der Waals surface area contributed by atoms with Gasteiger partial charge in [-0.15, -0.1) is 10.2 Å². The molecule has 0 unspecified atom stereocenters. The molecule has 0 spiro atoms. The van der Waals surface area contributed by atoms with Gasteiger partial charge in [0.2, 0.25) is 5.91 Å². The van der Waals surface area contributed by atoms with Crippen LogP contribution in [0.5, 0.6) is 0 Å². The molecule has 1 aromatic carbocycles. The largest absolute Gasteiger partial charge is 0.352 e. The zero-order valence-electron chi connectivity index (χ0n) is 17.7. The Hall–Kier alpha value is -3.10. The number of hydrogen-bond acceptors (Lipinski definition) is 6. The molecule has 0 radical (unpaired) electrons. The molecule has 30 heavy (non-hydrogen) atoms. The van der Waals surface area contributed by atoms with E-state index in [1.165, 1.54) is 9.70 Å². The second-order valence-corrected chi connectivity index (χ2v) is 8.09. The quantitative estimate of drug-likeness (QED) is 0.596. The van der Waals surface area contributed by atoms with Gasteiger partial charge in [0, 0.05) is 19.0 Å². The van der Waals surface area contributed by atoms with Crippen LogP contribution in [-0.2, 0) is 17.8 Å². The standard InChI is InChI=1S/C21H28N6O3/c1-14(2)7-6-8-15(3)22-19(28)13-27-24-18(23-25-27)11-12-26-20(29)16-9-4-5-10-17(16)21(26)30/h4-5,9-10,14-15H,6-8,11-13H2,1-3H3,(H,22,28)/t15-/m1/s1. The number of hydrogen-bond donors (Lipinski definition) is 1. The number of aromatic nitrogens is 4. The summed E-state index contributed by atoms with van der Waals surface area (Å²) in [6.07, 6.45) is 3.42. The van der Waals surface area contributed by atoms with E-state index in [-0.39, 0.29) is 43.3 Å². The predicted molar refractivity (Wildman–Crippen MR) is 110 cm³/mol. The van der Waals surface area contributed by atoms with E-state index in [2.05, 4.69) is 34.6 Å². The number of carbonyl (C=O) groups is 3. The Kier molecular flexibility index (Phi) is 6.91. The van der Waals surface area contributed by atoms with Gasteiger partial charge in [0.05, 0.1) is 11.1 Å². The molecule has 1 aliphatic heterocycles. The normalized spacial score (nSPS) is 14.3. The molecule has 3 rings (SSSR count). The van der Waals surface area contributed by atoms with Crippen molar-refractivity contribution in [1.29, 1.82) is 0 Å². The predicted octanol–water partition coefficient (Wildman–Crippen LogP) is 1.84. The van der Waals surface area contributed by atoms with Crippen molar-refractivity contribution in [1.82, 2.24) is 30.4 Å². The van der Waals surface area contributed by atoms with Crippen molar-refractivity contribution in [3.63, 3.8) is 0 Å². The summed E-state index contributed by atoms with van der Waals surface area (Å²) in [5.74, 6) is 0.245. The summed E-state index contributed by atoms with van der Waals surface area (Å²) in [6.45, 7) is 6.50. The van der Waals surface area contributed by atoms with Crippen LogP contribution in [0.4, 0.5) is 0 Å². The Balaban J connectivity index is 1.46. The van der Waals surface area contributed by atoms with Crippen molar-refractivity contribution in [3.8, 4) is 0 Å². The van der Waals surface area contributed by atoms with Gasteiger partial charge in [-0.05, 0) is 36.6 Å². The van der Waals surface area contributed by atoms with E-state index >= 15 is 0 Å². The lowest BCUT2D eigenvalue weighted by molar-refractivity contribution is -0.122. The molecule has 2 heterocycles. The summed E-state index contributed by atoms with van der Waals surface area (Å²) < 4.78 is 0. The van der Waals surface area contributed by atoms with Crippen LogP contribution < -0.4 is 5.32 Å². The Bertz CT molecular complexity index is 888. The molecule has 0 saturated carbocycles. The molecule has 2 aromatic rings. The maximum atomic E-state index is 12.4. The number of carbonyl (C=O) groups excluding carboxylic acids is 3. The fraction of sp³-hybridized carbons (Fsp3) is 0.524. The van der Waals surface area contributed by atoms with Crippen molar-refractivity contribution in [3.05, 3.63) is 41.2 Å². The smallest absolute Gasteiger partial charge is 0.261 e. The summed E-state index contributed by atoms with van der Waals surface area (Å²) >= 11 is 0. The number of amides is 3. The first-order valence-electron chi connectivity index (χ1n) is 10.4.